The van der Waals surface area contributed by atoms with Crippen LogP contribution in [0.4, 0.5) is 0 Å². The van der Waals surface area contributed by atoms with E-state index in [2.05, 4.69) is 4.98 Å². The number of hydrogen-bond donors (Lipinski definition) is 0. The molecule has 3 heteroatoms. The Morgan fingerprint density at radius 1 is 1.42 bits per heavy atom. The summed E-state index contributed by atoms with van der Waals surface area (Å²) in [6, 6.07) is 5.78. The Labute approximate surface area is 81.0 Å². The van der Waals surface area contributed by atoms with Crippen LogP contribution in [0.2, 0.25) is 5.02 Å². The summed E-state index contributed by atoms with van der Waals surface area (Å²) in [5.41, 5.74) is 1.00. The van der Waals surface area contributed by atoms with Gasteiger partial charge in [-0.1, -0.05) is 19.0 Å². The molecule has 0 aliphatic carbocycles. The van der Waals surface area contributed by atoms with Crippen LogP contribution in [0.25, 0.3) is 10.2 Å². The highest BCUT2D eigenvalue weighted by Gasteiger charge is 1.98. The van der Waals surface area contributed by atoms with Gasteiger partial charge in [-0.15, -0.1) is 11.3 Å². The molecule has 0 saturated carbocycles. The van der Waals surface area contributed by atoms with Crippen molar-refractivity contribution in [2.75, 3.05) is 0 Å². The summed E-state index contributed by atoms with van der Waals surface area (Å²) in [4.78, 5) is 4.31. The smallest absolute Gasteiger partial charge is 0.0907 e. The maximum absolute atomic E-state index is 5.79. The summed E-state index contributed by atoms with van der Waals surface area (Å²) in [6.45, 7) is 2.00. The first-order valence-corrected chi connectivity index (χ1v) is 4.48. The van der Waals surface area contributed by atoms with Gasteiger partial charge >= 0.3 is 0 Å². The van der Waals surface area contributed by atoms with Crippen molar-refractivity contribution >= 4 is 33.2 Å². The van der Waals surface area contributed by atoms with Crippen LogP contribution in [0.5, 0.6) is 0 Å². The van der Waals surface area contributed by atoms with E-state index in [0.717, 1.165) is 15.5 Å². The molecule has 2 rings (SSSR count). The molecule has 0 aliphatic heterocycles. The van der Waals surface area contributed by atoms with Crippen LogP contribution in [-0.4, -0.2) is 4.98 Å². The fraction of sp³-hybridized carbons (Fsp3) is 0.222. The molecule has 0 N–H and O–H groups in total. The quantitative estimate of drug-likeness (QED) is 0.627. The molecule has 1 aromatic carbocycles. The highest BCUT2D eigenvalue weighted by molar-refractivity contribution is 7.18. The first-order valence-electron chi connectivity index (χ1n) is 3.28. The number of nitrogens with zero attached hydrogens (tertiary/aromatic N) is 1. The zero-order chi connectivity index (χ0) is 7.84. The minimum Gasteiger partial charge on any atom is -0.241 e. The average Bonchev–Trinajstić information content (AvgIpc) is 2.27. The molecule has 1 aromatic heterocycles. The van der Waals surface area contributed by atoms with Crippen LogP contribution in [0.3, 0.4) is 0 Å². The maximum Gasteiger partial charge on any atom is 0.0907 e. The number of thiazole rings is 1. The van der Waals surface area contributed by atoms with Gasteiger partial charge in [0.2, 0.25) is 0 Å². The van der Waals surface area contributed by atoms with Crippen molar-refractivity contribution in [2.45, 2.75) is 14.4 Å². The lowest BCUT2D eigenvalue weighted by atomic mass is 10.3. The fourth-order valence-electron chi connectivity index (χ4n) is 1.02. The molecular weight excluding hydrogens is 190 g/mol. The number of rotatable bonds is 0. The summed E-state index contributed by atoms with van der Waals surface area (Å²) in [5.74, 6) is 0. The molecule has 0 bridgehead atoms. The van der Waals surface area contributed by atoms with E-state index in [1.807, 2.05) is 25.1 Å². The summed E-state index contributed by atoms with van der Waals surface area (Å²) >= 11 is 7.48. The predicted octanol–water partition coefficient (Wildman–Crippen LogP) is 3.89. The molecule has 0 spiro atoms. The van der Waals surface area contributed by atoms with Crippen molar-refractivity contribution in [3.8, 4) is 0 Å². The number of benzene rings is 1. The van der Waals surface area contributed by atoms with Crippen LogP contribution in [-0.2, 0) is 0 Å². The molecular formula is C9H10ClNS. The normalized spacial score (nSPS) is 9.83. The van der Waals surface area contributed by atoms with Crippen molar-refractivity contribution in [2.24, 2.45) is 0 Å². The topological polar surface area (TPSA) is 12.9 Å². The van der Waals surface area contributed by atoms with Crippen LogP contribution in [0.1, 0.15) is 12.4 Å². The van der Waals surface area contributed by atoms with Gasteiger partial charge in [0.25, 0.3) is 0 Å². The van der Waals surface area contributed by atoms with Crippen molar-refractivity contribution in [3.05, 3.63) is 28.2 Å². The molecule has 12 heavy (non-hydrogen) atoms. The van der Waals surface area contributed by atoms with Crippen molar-refractivity contribution < 1.29 is 0 Å². The molecule has 0 amide bonds. The van der Waals surface area contributed by atoms with Gasteiger partial charge in [-0.05, 0) is 25.1 Å². The number of aromatic nitrogens is 1. The third-order valence-corrected chi connectivity index (χ3v) is 2.64. The summed E-state index contributed by atoms with van der Waals surface area (Å²) in [5, 5.41) is 1.84. The largest absolute Gasteiger partial charge is 0.241 e. The maximum atomic E-state index is 5.79. The van der Waals surface area contributed by atoms with Crippen LogP contribution in [0.15, 0.2) is 18.2 Å². The number of halogens is 1. The zero-order valence-electron chi connectivity index (χ0n) is 5.97. The lowest BCUT2D eigenvalue weighted by Crippen LogP contribution is -1.67. The molecule has 0 saturated heterocycles. The van der Waals surface area contributed by atoms with E-state index >= 15 is 0 Å². The summed E-state index contributed by atoms with van der Waals surface area (Å²) in [7, 11) is 0. The molecule has 0 radical (unpaired) electrons. The molecule has 64 valence electrons. The first kappa shape index (κ1) is 9.49. The predicted molar refractivity (Wildman–Crippen MR) is 56.1 cm³/mol. The number of fused-ring (bicyclic) bond motifs is 1. The Bertz CT molecular complexity index is 394. The summed E-state index contributed by atoms with van der Waals surface area (Å²) < 4.78 is 1.20. The fourth-order valence-corrected chi connectivity index (χ4v) is 1.99. The molecule has 0 atom stereocenters. The lowest BCUT2D eigenvalue weighted by Gasteiger charge is -1.86. The zero-order valence-corrected chi connectivity index (χ0v) is 7.54. The van der Waals surface area contributed by atoms with Crippen molar-refractivity contribution in [1.82, 2.24) is 4.98 Å². The van der Waals surface area contributed by atoms with E-state index < -0.39 is 0 Å². The van der Waals surface area contributed by atoms with E-state index in [1.54, 1.807) is 11.3 Å². The van der Waals surface area contributed by atoms with Gasteiger partial charge < -0.3 is 0 Å². The Morgan fingerprint density at radius 3 is 2.92 bits per heavy atom. The Balaban J connectivity index is 0.000000720. The second-order valence-electron chi connectivity index (χ2n) is 2.34. The van der Waals surface area contributed by atoms with E-state index in [0.29, 0.717) is 0 Å². The van der Waals surface area contributed by atoms with E-state index in [1.165, 1.54) is 4.70 Å². The minimum atomic E-state index is 0. The molecule has 0 aliphatic rings. The molecule has 0 fully saturated rings. The minimum absolute atomic E-state index is 0. The van der Waals surface area contributed by atoms with Crippen molar-refractivity contribution in [1.29, 1.82) is 0 Å². The standard InChI is InChI=1S/C8H6ClNS.CH4/c1-5-10-7-4-6(9)2-3-8(7)11-5;/h2-4H,1H3;1H4. The Morgan fingerprint density at radius 2 is 2.17 bits per heavy atom. The second kappa shape index (κ2) is 3.42. The van der Waals surface area contributed by atoms with E-state index in [4.69, 9.17) is 11.6 Å². The van der Waals surface area contributed by atoms with Crippen molar-refractivity contribution in [3.63, 3.8) is 0 Å². The molecule has 0 unspecified atom stereocenters. The van der Waals surface area contributed by atoms with Crippen LogP contribution in [0, 0.1) is 6.92 Å². The van der Waals surface area contributed by atoms with Crippen LogP contribution < -0.4 is 0 Å². The molecule has 1 nitrogen and oxygen atoms in total. The van der Waals surface area contributed by atoms with Gasteiger partial charge in [0.05, 0.1) is 15.2 Å². The third kappa shape index (κ3) is 1.59. The molecule has 2 aromatic rings. The van der Waals surface area contributed by atoms with Gasteiger partial charge in [-0.25, -0.2) is 4.98 Å². The van der Waals surface area contributed by atoms with Crippen LogP contribution >= 0.6 is 22.9 Å². The Kier molecular flexibility index (Phi) is 2.70. The monoisotopic (exact) mass is 199 g/mol. The van der Waals surface area contributed by atoms with Gasteiger partial charge in [0, 0.05) is 5.02 Å². The van der Waals surface area contributed by atoms with Gasteiger partial charge in [0.1, 0.15) is 0 Å². The number of hydrogen-bond acceptors (Lipinski definition) is 2. The highest BCUT2D eigenvalue weighted by atomic mass is 35.5. The highest BCUT2D eigenvalue weighted by Crippen LogP contribution is 2.23. The molecule has 1 heterocycles. The van der Waals surface area contributed by atoms with Gasteiger partial charge in [-0.3, -0.25) is 0 Å². The summed E-state index contributed by atoms with van der Waals surface area (Å²) in [6.07, 6.45) is 0. The van der Waals surface area contributed by atoms with E-state index in [-0.39, 0.29) is 7.43 Å². The van der Waals surface area contributed by atoms with Gasteiger partial charge in [0.15, 0.2) is 0 Å². The number of aryl methyl sites for hydroxylation is 1. The SMILES string of the molecule is C.Cc1nc2cc(Cl)ccc2s1. The average molecular weight is 200 g/mol. The Hall–Kier alpha value is -0.600. The second-order valence-corrected chi connectivity index (χ2v) is 4.02. The van der Waals surface area contributed by atoms with Gasteiger partial charge in [-0.2, -0.15) is 0 Å². The lowest BCUT2D eigenvalue weighted by molar-refractivity contribution is 1.35. The van der Waals surface area contributed by atoms with E-state index in [9.17, 15) is 0 Å². The first-order chi connectivity index (χ1) is 5.25. The third-order valence-electron chi connectivity index (χ3n) is 1.46.